The number of nitrogens with zero attached hydrogens (tertiary/aromatic N) is 1. The first kappa shape index (κ1) is 34.4. The number of carbonyl (C=O) groups is 4. The molecule has 1 fully saturated rings. The van der Waals surface area contributed by atoms with Crippen molar-refractivity contribution in [3.05, 3.63) is 65.7 Å². The quantitative estimate of drug-likeness (QED) is 0.281. The Morgan fingerprint density at radius 1 is 0.909 bits per heavy atom. The Labute approximate surface area is 258 Å². The Bertz CT molecular complexity index is 1320. The average molecular weight is 612 g/mol. The highest BCUT2D eigenvalue weighted by molar-refractivity contribution is 5.94. The molecule has 3 amide bonds. The molecule has 0 bridgehead atoms. The highest BCUT2D eigenvalue weighted by atomic mass is 16.6. The van der Waals surface area contributed by atoms with Gasteiger partial charge in [-0.2, -0.15) is 0 Å². The molecule has 1 aliphatic rings. The predicted molar refractivity (Wildman–Crippen MR) is 163 cm³/mol. The summed E-state index contributed by atoms with van der Waals surface area (Å²) in [6, 6.07) is 10.8. The van der Waals surface area contributed by atoms with Gasteiger partial charge in [0.05, 0.1) is 6.61 Å². The highest BCUT2D eigenvalue weighted by Gasteiger charge is 2.48. The molecule has 1 aliphatic carbocycles. The van der Waals surface area contributed by atoms with Crippen LogP contribution in [0.3, 0.4) is 0 Å². The Morgan fingerprint density at radius 3 is 2.05 bits per heavy atom. The van der Waals surface area contributed by atoms with Gasteiger partial charge in [-0.25, -0.2) is 9.59 Å². The molecule has 44 heavy (non-hydrogen) atoms. The second kappa shape index (κ2) is 14.1. The molecule has 2 aromatic carbocycles. The molecule has 1 saturated carbocycles. The number of carbonyl (C=O) groups excluding carboxylic acids is 4. The Hall–Kier alpha value is -4.12. The lowest BCUT2D eigenvalue weighted by Crippen LogP contribution is -2.56. The van der Waals surface area contributed by atoms with Crippen LogP contribution in [0, 0.1) is 5.92 Å². The van der Waals surface area contributed by atoms with E-state index in [2.05, 4.69) is 10.6 Å². The molecule has 3 rings (SSSR count). The summed E-state index contributed by atoms with van der Waals surface area (Å²) < 4.78 is 10.9. The van der Waals surface area contributed by atoms with Crippen LogP contribution in [0.15, 0.2) is 54.6 Å². The summed E-state index contributed by atoms with van der Waals surface area (Å²) in [7, 11) is 0. The lowest BCUT2D eigenvalue weighted by Gasteiger charge is -2.35. The minimum absolute atomic E-state index is 0.0124. The first-order chi connectivity index (χ1) is 20.5. The van der Waals surface area contributed by atoms with Crippen LogP contribution in [0.2, 0.25) is 0 Å². The summed E-state index contributed by atoms with van der Waals surface area (Å²) in [5.41, 5.74) is -0.610. The molecule has 0 saturated heterocycles. The summed E-state index contributed by atoms with van der Waals surface area (Å²) in [6.45, 7) is 11.3. The maximum Gasteiger partial charge on any atom is 0.408 e. The van der Waals surface area contributed by atoms with Crippen LogP contribution < -0.4 is 10.6 Å². The molecule has 2 aromatic rings. The lowest BCUT2D eigenvalue weighted by atomic mass is 10.00. The molecule has 0 spiro atoms. The number of ether oxygens (including phenoxy) is 2. The van der Waals surface area contributed by atoms with Gasteiger partial charge in [0, 0.05) is 12.5 Å². The second-order valence-corrected chi connectivity index (χ2v) is 13.2. The number of amides is 3. The molecule has 5 atom stereocenters. The van der Waals surface area contributed by atoms with E-state index in [-0.39, 0.29) is 23.7 Å². The molecule has 240 valence electrons. The standard InChI is InChI=1S/C33H45N3O8/c1-20-16-26(20)36(29(40)25(19-37)35-31(42)44-33(5,6)7)27(22-14-11-15-23(38)18-22)28(39)34-24(30(41)43-32(2,3)4)17-21-12-9-8-10-13-21/h8-15,18,20,24-27,37-38H,16-17,19H2,1-7H3,(H,34,39)(H,35,42). The van der Waals surface area contributed by atoms with Gasteiger partial charge in [0.2, 0.25) is 11.8 Å². The fourth-order valence-electron chi connectivity index (χ4n) is 4.79. The van der Waals surface area contributed by atoms with E-state index in [1.807, 2.05) is 37.3 Å². The van der Waals surface area contributed by atoms with Crippen molar-refractivity contribution in [1.29, 1.82) is 0 Å². The summed E-state index contributed by atoms with van der Waals surface area (Å²) in [6.07, 6.45) is -0.208. The highest BCUT2D eigenvalue weighted by Crippen LogP contribution is 2.41. The Morgan fingerprint density at radius 2 is 1.52 bits per heavy atom. The summed E-state index contributed by atoms with van der Waals surface area (Å²) in [5, 5.41) is 25.7. The van der Waals surface area contributed by atoms with E-state index in [0.29, 0.717) is 6.42 Å². The van der Waals surface area contributed by atoms with Crippen molar-refractivity contribution in [2.75, 3.05) is 6.61 Å². The second-order valence-electron chi connectivity index (χ2n) is 13.2. The molecule has 0 radical (unpaired) electrons. The van der Waals surface area contributed by atoms with Crippen molar-refractivity contribution < 1.29 is 38.9 Å². The molecule has 4 N–H and O–H groups in total. The first-order valence-corrected chi connectivity index (χ1v) is 14.8. The number of phenolic OH excluding ortho intramolecular Hbond substituents is 1. The molecule has 5 unspecified atom stereocenters. The lowest BCUT2D eigenvalue weighted by molar-refractivity contribution is -0.159. The molecule has 0 heterocycles. The van der Waals surface area contributed by atoms with E-state index in [9.17, 15) is 29.4 Å². The third-order valence-corrected chi connectivity index (χ3v) is 6.85. The minimum Gasteiger partial charge on any atom is -0.508 e. The zero-order valence-corrected chi connectivity index (χ0v) is 26.5. The van der Waals surface area contributed by atoms with E-state index in [1.165, 1.54) is 17.0 Å². The van der Waals surface area contributed by atoms with Crippen molar-refractivity contribution in [1.82, 2.24) is 15.5 Å². The van der Waals surface area contributed by atoms with Gasteiger partial charge in [-0.3, -0.25) is 9.59 Å². The SMILES string of the molecule is CC1CC1N(C(=O)C(CO)NC(=O)OC(C)(C)C)C(C(=O)NC(Cc1ccccc1)C(=O)OC(C)(C)C)c1cccc(O)c1. The Kier molecular flexibility index (Phi) is 11.0. The van der Waals surface area contributed by atoms with Crippen LogP contribution in [0.1, 0.15) is 72.1 Å². The van der Waals surface area contributed by atoms with Crippen molar-refractivity contribution >= 4 is 23.9 Å². The van der Waals surface area contributed by atoms with E-state index >= 15 is 0 Å². The number of benzene rings is 2. The molecular weight excluding hydrogens is 566 g/mol. The van der Waals surface area contributed by atoms with Crippen LogP contribution in [0.4, 0.5) is 4.79 Å². The van der Waals surface area contributed by atoms with Gasteiger partial charge in [0.15, 0.2) is 0 Å². The van der Waals surface area contributed by atoms with Crippen molar-refractivity contribution in [2.45, 2.75) is 96.7 Å². The maximum absolute atomic E-state index is 14.3. The first-order valence-electron chi connectivity index (χ1n) is 14.8. The van der Waals surface area contributed by atoms with Crippen LogP contribution in [0.25, 0.3) is 0 Å². The van der Waals surface area contributed by atoms with Gasteiger partial charge in [-0.15, -0.1) is 0 Å². The number of esters is 1. The van der Waals surface area contributed by atoms with Crippen LogP contribution in [0.5, 0.6) is 5.75 Å². The zero-order valence-electron chi connectivity index (χ0n) is 26.5. The number of rotatable bonds is 11. The minimum atomic E-state index is -1.42. The van der Waals surface area contributed by atoms with Crippen LogP contribution in [-0.4, -0.2) is 74.9 Å². The van der Waals surface area contributed by atoms with E-state index in [0.717, 1.165) is 5.56 Å². The third-order valence-electron chi connectivity index (χ3n) is 6.85. The predicted octanol–water partition coefficient (Wildman–Crippen LogP) is 3.63. The maximum atomic E-state index is 14.3. The van der Waals surface area contributed by atoms with E-state index in [4.69, 9.17) is 9.47 Å². The number of hydrogen-bond acceptors (Lipinski definition) is 8. The van der Waals surface area contributed by atoms with Gasteiger partial charge < -0.3 is 35.2 Å². The van der Waals surface area contributed by atoms with Crippen molar-refractivity contribution in [3.63, 3.8) is 0 Å². The largest absolute Gasteiger partial charge is 0.508 e. The molecule has 11 heteroatoms. The van der Waals surface area contributed by atoms with Gasteiger partial charge in [-0.1, -0.05) is 49.4 Å². The fourth-order valence-corrected chi connectivity index (χ4v) is 4.79. The van der Waals surface area contributed by atoms with E-state index < -0.39 is 65.9 Å². The topological polar surface area (TPSA) is 154 Å². The van der Waals surface area contributed by atoms with Crippen molar-refractivity contribution in [2.24, 2.45) is 5.92 Å². The fraction of sp³-hybridized carbons (Fsp3) is 0.515. The smallest absolute Gasteiger partial charge is 0.408 e. The summed E-state index contributed by atoms with van der Waals surface area (Å²) >= 11 is 0. The normalized spacial score (nSPS) is 18.3. The third kappa shape index (κ3) is 9.97. The van der Waals surface area contributed by atoms with Crippen LogP contribution >= 0.6 is 0 Å². The number of aliphatic hydroxyl groups excluding tert-OH is 1. The summed E-state index contributed by atoms with van der Waals surface area (Å²) in [4.78, 5) is 55.6. The number of phenols is 1. The van der Waals surface area contributed by atoms with E-state index in [1.54, 1.807) is 53.7 Å². The summed E-state index contributed by atoms with van der Waals surface area (Å²) in [5.74, 6) is -2.17. The monoisotopic (exact) mass is 611 g/mol. The number of aliphatic hydroxyl groups is 1. The van der Waals surface area contributed by atoms with Crippen molar-refractivity contribution in [3.8, 4) is 5.75 Å². The number of nitrogens with one attached hydrogen (secondary N) is 2. The molecular formula is C33H45N3O8. The van der Waals surface area contributed by atoms with Gasteiger partial charge >= 0.3 is 12.1 Å². The zero-order chi connectivity index (χ0) is 32.8. The number of hydrogen-bond donors (Lipinski definition) is 4. The van der Waals surface area contributed by atoms with Gasteiger partial charge in [0.25, 0.3) is 0 Å². The number of aromatic hydroxyl groups is 1. The number of alkyl carbamates (subject to hydrolysis) is 1. The van der Waals surface area contributed by atoms with Gasteiger partial charge in [0.1, 0.15) is 35.1 Å². The molecule has 0 aromatic heterocycles. The van der Waals surface area contributed by atoms with Crippen LogP contribution in [-0.2, 0) is 30.3 Å². The Balaban J connectivity index is 2.02. The molecule has 0 aliphatic heterocycles. The average Bonchev–Trinajstić information content (AvgIpc) is 3.63. The molecule has 11 nitrogen and oxygen atoms in total. The van der Waals surface area contributed by atoms with Gasteiger partial charge in [-0.05, 0) is 77.1 Å².